The van der Waals surface area contributed by atoms with Crippen LogP contribution in [0, 0.1) is 17.8 Å². The highest BCUT2D eigenvalue weighted by Crippen LogP contribution is 2.41. The Morgan fingerprint density at radius 1 is 1.11 bits per heavy atom. The van der Waals surface area contributed by atoms with Gasteiger partial charge in [0.15, 0.2) is 18.7 Å². The van der Waals surface area contributed by atoms with Gasteiger partial charge in [0.05, 0.1) is 42.8 Å². The topological polar surface area (TPSA) is 227 Å². The van der Waals surface area contributed by atoms with Crippen LogP contribution in [0.25, 0.3) is 10.6 Å². The van der Waals surface area contributed by atoms with E-state index in [0.29, 0.717) is 28.7 Å². The zero-order valence-corrected chi connectivity index (χ0v) is 39.0. The number of nitrogens with zero attached hydrogens (tertiary/aromatic N) is 5. The number of ether oxygens (including phenoxy) is 5. The quantitative estimate of drug-likeness (QED) is 0.176. The third-order valence-corrected chi connectivity index (χ3v) is 13.3. The molecule has 5 heterocycles. The Morgan fingerprint density at radius 2 is 1.83 bits per heavy atom. The van der Waals surface area contributed by atoms with E-state index in [4.69, 9.17) is 34.3 Å². The van der Waals surface area contributed by atoms with Crippen molar-refractivity contribution in [3.8, 4) is 10.6 Å². The van der Waals surface area contributed by atoms with Gasteiger partial charge in [0.2, 0.25) is 5.91 Å². The summed E-state index contributed by atoms with van der Waals surface area (Å²) in [6, 6.07) is 3.19. The number of nitrogen functional groups attached to an aromatic ring is 1. The Balaban J connectivity index is 1.66. The molecule has 1 amide bonds. The number of thiazole rings is 1. The Labute approximate surface area is 372 Å². The number of carbonyl (C=O) groups is 3. The van der Waals surface area contributed by atoms with E-state index in [1.54, 1.807) is 45.3 Å². The number of hydrogen-bond donors (Lipinski definition) is 3. The lowest BCUT2D eigenvalue weighted by molar-refractivity contribution is -0.296. The fourth-order valence-electron chi connectivity index (χ4n) is 8.90. The number of aliphatic hydroxyl groups excluding tert-OH is 1. The van der Waals surface area contributed by atoms with E-state index in [2.05, 4.69) is 20.1 Å². The fraction of sp³-hybridized carbons (Fsp3) is 0.705. The van der Waals surface area contributed by atoms with Gasteiger partial charge < -0.3 is 49.4 Å². The van der Waals surface area contributed by atoms with E-state index in [9.17, 15) is 24.6 Å². The van der Waals surface area contributed by atoms with Crippen molar-refractivity contribution in [3.05, 3.63) is 29.4 Å². The molecule has 13 atom stereocenters. The first-order valence-electron chi connectivity index (χ1n) is 21.6. The number of aliphatic imine (C=N–C) groups is 1. The SMILES string of the molecule is CCC(=O)N=C1[C@H](C)C[C@@]2(C)OC/C(=N/OCc3ccc(-c4nc(N)cs4)cn3)CO[C@@H]([C@H]1C)[C@](C)(O)[C@@H](CC)OC(=O)[C@@](C)(F)C(=O)[C@H](C)[C@H]2O[C@@H]1O[C@H](C)C[C@H](N(C)C)[C@H]1O. The van der Waals surface area contributed by atoms with Crippen molar-refractivity contribution < 1.29 is 57.5 Å². The van der Waals surface area contributed by atoms with Crippen LogP contribution >= 0.6 is 11.3 Å². The first-order chi connectivity index (χ1) is 29.5. The standard InChI is InChI=1S/C44H65FN6O11S/c1-12-31-44(9,56)38-25(5)34(49-33(52)13-2)23(3)17-42(7,58-20-29(19-57-38)50-59-21-28-15-14-27(18-47-28)39-48-32(46)22-63-39)37(26(6)36(54)43(8,45)41(55)61-31)62-40-35(53)30(51(10)11)16-24(4)60-40/h14-15,18,22-26,30-31,35,37-38,40,53,56H,12-13,16-17,19-21,46H2,1-11H3/b49-34?,50-29+/t23-,24-,25+,26+,30+,31-,35-,37-,38+,40+,42-,43+,44-/m1/s1. The third kappa shape index (κ3) is 11.4. The Kier molecular flexibility index (Phi) is 16.4. The number of cyclic esters (lactones) is 1. The van der Waals surface area contributed by atoms with Crippen molar-refractivity contribution in [2.24, 2.45) is 27.9 Å². The second-order valence-corrected chi connectivity index (χ2v) is 18.7. The minimum Gasteiger partial charge on any atom is -0.457 e. The molecule has 4 N–H and O–H groups in total. The number of ketones is 1. The molecular weight excluding hydrogens is 840 g/mol. The summed E-state index contributed by atoms with van der Waals surface area (Å²) in [4.78, 5) is 62.6. The van der Waals surface area contributed by atoms with Gasteiger partial charge in [0, 0.05) is 47.2 Å². The second kappa shape index (κ2) is 20.6. The van der Waals surface area contributed by atoms with Crippen molar-refractivity contribution >= 4 is 46.2 Å². The summed E-state index contributed by atoms with van der Waals surface area (Å²) in [5, 5.41) is 31.0. The number of Topliss-reactive ketones (excluding diaryl/α,β-unsaturated/α-hetero) is 1. The minimum atomic E-state index is -3.23. The number of carbonyl (C=O) groups excluding carboxylic acids is 3. The van der Waals surface area contributed by atoms with Gasteiger partial charge in [0.1, 0.15) is 34.3 Å². The highest BCUT2D eigenvalue weighted by Gasteiger charge is 2.56. The summed E-state index contributed by atoms with van der Waals surface area (Å²) in [5.41, 5.74) is 0.782. The van der Waals surface area contributed by atoms with Gasteiger partial charge in [-0.3, -0.25) is 14.6 Å². The van der Waals surface area contributed by atoms with Crippen LogP contribution in [0.4, 0.5) is 10.2 Å². The zero-order valence-electron chi connectivity index (χ0n) is 38.2. The molecule has 3 fully saturated rings. The van der Waals surface area contributed by atoms with Gasteiger partial charge in [-0.1, -0.05) is 39.8 Å². The van der Waals surface area contributed by atoms with Gasteiger partial charge >= 0.3 is 5.97 Å². The normalized spacial score (nSPS) is 37.6. The van der Waals surface area contributed by atoms with E-state index in [-0.39, 0.29) is 44.8 Å². The number of pyridine rings is 1. The summed E-state index contributed by atoms with van der Waals surface area (Å²) in [6.07, 6.45) is -4.82. The third-order valence-electron chi connectivity index (χ3n) is 12.4. The number of nitrogens with two attached hydrogens (primary N) is 1. The van der Waals surface area contributed by atoms with Crippen molar-refractivity contribution in [2.45, 2.75) is 154 Å². The number of rotatable bonds is 9. The molecule has 0 unspecified atom stereocenters. The number of fused-ring (bicyclic) bond motifs is 5. The summed E-state index contributed by atoms with van der Waals surface area (Å²) in [7, 11) is 3.63. The van der Waals surface area contributed by atoms with Crippen molar-refractivity contribution in [1.29, 1.82) is 0 Å². The molecule has 3 saturated heterocycles. The molecule has 0 saturated carbocycles. The highest BCUT2D eigenvalue weighted by atomic mass is 32.1. The molecule has 63 heavy (non-hydrogen) atoms. The number of amides is 1. The van der Waals surface area contributed by atoms with Crippen LogP contribution in [0.1, 0.15) is 93.7 Å². The number of likely N-dealkylation sites (N-methyl/N-ethyl adjacent to an activating group) is 1. The average Bonchev–Trinajstić information content (AvgIpc) is 3.67. The van der Waals surface area contributed by atoms with Crippen LogP contribution in [0.3, 0.4) is 0 Å². The van der Waals surface area contributed by atoms with Crippen LogP contribution < -0.4 is 5.73 Å². The molecular formula is C44H65FN6O11S. The summed E-state index contributed by atoms with van der Waals surface area (Å²) in [6.45, 7) is 13.4. The molecule has 0 aliphatic carbocycles. The largest absolute Gasteiger partial charge is 0.457 e. The predicted octanol–water partition coefficient (Wildman–Crippen LogP) is 4.70. The van der Waals surface area contributed by atoms with Crippen LogP contribution in [-0.4, -0.2) is 141 Å². The Morgan fingerprint density at radius 3 is 2.43 bits per heavy atom. The number of esters is 1. The van der Waals surface area contributed by atoms with Crippen molar-refractivity contribution in [1.82, 2.24) is 14.9 Å². The number of aliphatic hydroxyl groups is 2. The van der Waals surface area contributed by atoms with Gasteiger partial charge in [-0.25, -0.2) is 19.2 Å². The highest BCUT2D eigenvalue weighted by molar-refractivity contribution is 7.13. The average molecular weight is 905 g/mol. The predicted molar refractivity (Wildman–Crippen MR) is 234 cm³/mol. The van der Waals surface area contributed by atoms with E-state index in [0.717, 1.165) is 12.5 Å². The van der Waals surface area contributed by atoms with E-state index in [1.807, 2.05) is 38.9 Å². The first-order valence-corrected chi connectivity index (χ1v) is 22.4. The first kappa shape index (κ1) is 50.2. The smallest absolute Gasteiger partial charge is 0.351 e. The molecule has 2 aromatic heterocycles. The Hall–Kier alpha value is -3.82. The van der Waals surface area contributed by atoms with E-state index >= 15 is 4.39 Å². The van der Waals surface area contributed by atoms with Gasteiger partial charge in [-0.15, -0.1) is 11.3 Å². The van der Waals surface area contributed by atoms with Crippen molar-refractivity contribution in [2.75, 3.05) is 33.0 Å². The van der Waals surface area contributed by atoms with Crippen LogP contribution in [0.15, 0.2) is 33.9 Å². The molecule has 3 aliphatic rings. The summed E-state index contributed by atoms with van der Waals surface area (Å²) < 4.78 is 48.9. The zero-order chi connectivity index (χ0) is 46.6. The van der Waals surface area contributed by atoms with Crippen molar-refractivity contribution in [3.63, 3.8) is 0 Å². The van der Waals surface area contributed by atoms with E-state index in [1.165, 1.54) is 25.2 Å². The number of anilines is 1. The maximum atomic E-state index is 17.0. The second-order valence-electron chi connectivity index (χ2n) is 17.9. The molecule has 5 rings (SSSR count). The number of hydrogen-bond acceptors (Lipinski definition) is 17. The van der Waals surface area contributed by atoms with Crippen LogP contribution in [0.5, 0.6) is 0 Å². The van der Waals surface area contributed by atoms with Gasteiger partial charge in [-0.2, -0.15) is 0 Å². The van der Waals surface area contributed by atoms with Gasteiger partial charge in [-0.05, 0) is 79.1 Å². The van der Waals surface area contributed by atoms with Gasteiger partial charge in [0.25, 0.3) is 5.67 Å². The lowest BCUT2D eigenvalue weighted by atomic mass is 9.73. The lowest BCUT2D eigenvalue weighted by Gasteiger charge is -2.47. The maximum absolute atomic E-state index is 17.0. The van der Waals surface area contributed by atoms with Crippen LogP contribution in [-0.2, 0) is 49.5 Å². The molecule has 0 spiro atoms. The monoisotopic (exact) mass is 904 g/mol. The fourth-order valence-corrected chi connectivity index (χ4v) is 9.60. The molecule has 2 bridgehead atoms. The molecule has 19 heteroatoms. The molecule has 17 nitrogen and oxygen atoms in total. The van der Waals surface area contributed by atoms with E-state index < -0.39 is 95.1 Å². The summed E-state index contributed by atoms with van der Waals surface area (Å²) in [5.74, 6) is -5.63. The molecule has 3 aliphatic heterocycles. The summed E-state index contributed by atoms with van der Waals surface area (Å²) >= 11 is 1.39. The molecule has 2 aromatic rings. The Bertz CT molecular complexity index is 1980. The number of aromatic nitrogens is 2. The number of alkyl halides is 1. The lowest BCUT2D eigenvalue weighted by Crippen LogP contribution is -2.61. The molecule has 0 radical (unpaired) electrons. The van der Waals surface area contributed by atoms with Crippen LogP contribution in [0.2, 0.25) is 0 Å². The number of halogens is 1. The molecule has 350 valence electrons. The number of oxime groups is 1. The molecule has 0 aromatic carbocycles. The minimum absolute atomic E-state index is 0.000396. The maximum Gasteiger partial charge on any atom is 0.351 e.